The Morgan fingerprint density at radius 2 is 2.19 bits per heavy atom. The van der Waals surface area contributed by atoms with Crippen LogP contribution in [0.4, 0.5) is 0 Å². The van der Waals surface area contributed by atoms with Crippen LogP contribution < -0.4 is 5.32 Å². The molecule has 82 valence electrons. The van der Waals surface area contributed by atoms with Crippen LogP contribution in [-0.2, 0) is 11.2 Å². The highest BCUT2D eigenvalue weighted by molar-refractivity contribution is 5.83. The summed E-state index contributed by atoms with van der Waals surface area (Å²) >= 11 is 0. The number of hydrogen-bond donors (Lipinski definition) is 2. The number of fused-ring (bicyclic) bond motifs is 2. The van der Waals surface area contributed by atoms with E-state index in [9.17, 15) is 4.79 Å². The molecule has 1 aliphatic heterocycles. The lowest BCUT2D eigenvalue weighted by Gasteiger charge is -2.22. The lowest BCUT2D eigenvalue weighted by atomic mass is 9.95. The van der Waals surface area contributed by atoms with Crippen molar-refractivity contribution in [1.82, 2.24) is 5.32 Å². The average molecular weight is 215 g/mol. The van der Waals surface area contributed by atoms with Crippen molar-refractivity contribution in [1.29, 1.82) is 0 Å². The van der Waals surface area contributed by atoms with Gasteiger partial charge in [-0.2, -0.15) is 0 Å². The monoisotopic (exact) mass is 215 g/mol. The molecule has 1 aromatic rings. The van der Waals surface area contributed by atoms with Gasteiger partial charge in [0.05, 0.1) is 0 Å². The third-order valence-corrected chi connectivity index (χ3v) is 3.44. The van der Waals surface area contributed by atoms with Gasteiger partial charge in [0.15, 0.2) is 0 Å². The summed E-state index contributed by atoms with van der Waals surface area (Å²) in [6.45, 7) is 0.709. The van der Waals surface area contributed by atoms with E-state index in [0.29, 0.717) is 13.0 Å². The number of benzene rings is 1. The van der Waals surface area contributed by atoms with Crippen LogP contribution in [0.15, 0.2) is 29.8 Å². The van der Waals surface area contributed by atoms with Gasteiger partial charge >= 0.3 is 5.97 Å². The van der Waals surface area contributed by atoms with Gasteiger partial charge in [-0.05, 0) is 35.1 Å². The largest absolute Gasteiger partial charge is 0.480 e. The Kier molecular flexibility index (Phi) is 2.07. The van der Waals surface area contributed by atoms with Crippen LogP contribution >= 0.6 is 0 Å². The van der Waals surface area contributed by atoms with Gasteiger partial charge in [0, 0.05) is 6.54 Å². The second kappa shape index (κ2) is 3.46. The smallest absolute Gasteiger partial charge is 0.321 e. The molecule has 1 atom stereocenters. The summed E-state index contributed by atoms with van der Waals surface area (Å²) in [5.74, 6) is -0.754. The van der Waals surface area contributed by atoms with E-state index in [0.717, 1.165) is 6.42 Å². The molecule has 0 aromatic heterocycles. The molecular formula is C13H13NO2. The minimum Gasteiger partial charge on any atom is -0.480 e. The summed E-state index contributed by atoms with van der Waals surface area (Å²) in [6, 6.07) is 7.86. The molecule has 0 bridgehead atoms. The number of nitrogens with one attached hydrogen (secondary N) is 1. The summed E-state index contributed by atoms with van der Waals surface area (Å²) in [4.78, 5) is 11.0. The van der Waals surface area contributed by atoms with Crippen LogP contribution in [-0.4, -0.2) is 23.7 Å². The predicted octanol–water partition coefficient (Wildman–Crippen LogP) is 1.44. The minimum absolute atomic E-state index is 0.426. The summed E-state index contributed by atoms with van der Waals surface area (Å²) in [7, 11) is 0. The van der Waals surface area contributed by atoms with Crippen LogP contribution in [0.25, 0.3) is 5.57 Å². The first-order valence-corrected chi connectivity index (χ1v) is 5.51. The van der Waals surface area contributed by atoms with Crippen molar-refractivity contribution in [3.63, 3.8) is 0 Å². The lowest BCUT2D eigenvalue weighted by molar-refractivity contribution is -0.139. The van der Waals surface area contributed by atoms with Crippen molar-refractivity contribution < 1.29 is 9.90 Å². The van der Waals surface area contributed by atoms with Gasteiger partial charge < -0.3 is 10.4 Å². The highest BCUT2D eigenvalue weighted by atomic mass is 16.4. The van der Waals surface area contributed by atoms with Crippen LogP contribution in [0.1, 0.15) is 17.5 Å². The molecule has 3 rings (SSSR count). The predicted molar refractivity (Wildman–Crippen MR) is 61.1 cm³/mol. The Bertz CT molecular complexity index is 490. The summed E-state index contributed by atoms with van der Waals surface area (Å²) < 4.78 is 0. The molecule has 0 spiro atoms. The van der Waals surface area contributed by atoms with Crippen molar-refractivity contribution in [3.8, 4) is 0 Å². The summed E-state index contributed by atoms with van der Waals surface area (Å²) in [5, 5.41) is 12.1. The standard InChI is InChI=1S/C13H13NO2/c15-13(16)12-6-11-9(7-14-12)5-8-3-1-2-4-10(8)11/h1-4,12,14H,5-7H2,(H,15,16)/t12-/m0/s1. The SMILES string of the molecule is O=C(O)[C@@H]1CC2=C(CN1)Cc1ccccc12. The fraction of sp³-hybridized carbons (Fsp3) is 0.308. The zero-order chi connectivity index (χ0) is 11.1. The first-order chi connectivity index (χ1) is 7.75. The van der Waals surface area contributed by atoms with E-state index in [4.69, 9.17) is 5.11 Å². The lowest BCUT2D eigenvalue weighted by Crippen LogP contribution is -2.40. The normalized spacial score (nSPS) is 22.9. The zero-order valence-electron chi connectivity index (χ0n) is 8.86. The quantitative estimate of drug-likeness (QED) is 0.745. The molecule has 0 amide bonds. The number of hydrogen-bond acceptors (Lipinski definition) is 2. The van der Waals surface area contributed by atoms with Gasteiger partial charge in [-0.1, -0.05) is 24.3 Å². The molecular weight excluding hydrogens is 202 g/mol. The maximum atomic E-state index is 11.0. The first-order valence-electron chi connectivity index (χ1n) is 5.51. The van der Waals surface area contributed by atoms with Gasteiger partial charge in [0.25, 0.3) is 0 Å². The molecule has 1 aromatic carbocycles. The van der Waals surface area contributed by atoms with Crippen molar-refractivity contribution in [2.75, 3.05) is 6.54 Å². The summed E-state index contributed by atoms with van der Waals surface area (Å²) in [5.41, 5.74) is 5.20. The molecule has 0 unspecified atom stereocenters. The highest BCUT2D eigenvalue weighted by Gasteiger charge is 2.30. The van der Waals surface area contributed by atoms with Gasteiger partial charge in [-0.3, -0.25) is 4.79 Å². The number of carboxylic acids is 1. The Morgan fingerprint density at radius 3 is 3.00 bits per heavy atom. The minimum atomic E-state index is -0.754. The topological polar surface area (TPSA) is 49.3 Å². The summed E-state index contributed by atoms with van der Waals surface area (Å²) in [6.07, 6.45) is 1.59. The molecule has 2 aliphatic rings. The number of rotatable bonds is 1. The second-order valence-corrected chi connectivity index (χ2v) is 4.39. The van der Waals surface area contributed by atoms with Gasteiger partial charge in [0.1, 0.15) is 6.04 Å². The molecule has 0 saturated heterocycles. The van der Waals surface area contributed by atoms with Crippen LogP contribution in [0, 0.1) is 0 Å². The Balaban J connectivity index is 1.97. The highest BCUT2D eigenvalue weighted by Crippen LogP contribution is 2.37. The van der Waals surface area contributed by atoms with E-state index in [2.05, 4.69) is 17.4 Å². The van der Waals surface area contributed by atoms with Crippen LogP contribution in [0.5, 0.6) is 0 Å². The van der Waals surface area contributed by atoms with E-state index in [1.807, 2.05) is 12.1 Å². The van der Waals surface area contributed by atoms with Gasteiger partial charge in [-0.15, -0.1) is 0 Å². The molecule has 1 aliphatic carbocycles. The van der Waals surface area contributed by atoms with Crippen LogP contribution in [0.2, 0.25) is 0 Å². The molecule has 16 heavy (non-hydrogen) atoms. The van der Waals surface area contributed by atoms with E-state index < -0.39 is 12.0 Å². The molecule has 3 heteroatoms. The van der Waals surface area contributed by atoms with E-state index >= 15 is 0 Å². The van der Waals surface area contributed by atoms with Crippen molar-refractivity contribution >= 4 is 11.5 Å². The third-order valence-electron chi connectivity index (χ3n) is 3.44. The van der Waals surface area contributed by atoms with E-state index in [1.54, 1.807) is 0 Å². The first kappa shape index (κ1) is 9.60. The average Bonchev–Trinajstić information content (AvgIpc) is 2.66. The Labute approximate surface area is 93.8 Å². The molecule has 2 N–H and O–H groups in total. The number of carbonyl (C=O) groups is 1. The van der Waals surface area contributed by atoms with E-state index in [1.165, 1.54) is 22.3 Å². The Morgan fingerprint density at radius 1 is 1.38 bits per heavy atom. The van der Waals surface area contributed by atoms with Crippen LogP contribution in [0.3, 0.4) is 0 Å². The van der Waals surface area contributed by atoms with Gasteiger partial charge in [0.2, 0.25) is 0 Å². The molecule has 0 saturated carbocycles. The van der Waals surface area contributed by atoms with Crippen molar-refractivity contribution in [2.24, 2.45) is 0 Å². The molecule has 1 heterocycles. The third kappa shape index (κ3) is 1.36. The Hall–Kier alpha value is -1.61. The zero-order valence-corrected chi connectivity index (χ0v) is 8.86. The number of carboxylic acid groups (broad SMARTS) is 1. The van der Waals surface area contributed by atoms with Crippen molar-refractivity contribution in [2.45, 2.75) is 18.9 Å². The molecule has 0 radical (unpaired) electrons. The fourth-order valence-electron chi connectivity index (χ4n) is 2.62. The van der Waals surface area contributed by atoms with Gasteiger partial charge in [-0.25, -0.2) is 0 Å². The number of aliphatic carboxylic acids is 1. The second-order valence-electron chi connectivity index (χ2n) is 4.39. The maximum absolute atomic E-state index is 11.0. The fourth-order valence-corrected chi connectivity index (χ4v) is 2.62. The van der Waals surface area contributed by atoms with Crippen molar-refractivity contribution in [3.05, 3.63) is 41.0 Å². The maximum Gasteiger partial charge on any atom is 0.321 e. The molecule has 3 nitrogen and oxygen atoms in total. The molecule has 0 fully saturated rings. The van der Waals surface area contributed by atoms with E-state index in [-0.39, 0.29) is 0 Å².